The van der Waals surface area contributed by atoms with Crippen LogP contribution in [0.3, 0.4) is 0 Å². The van der Waals surface area contributed by atoms with Crippen molar-refractivity contribution in [2.24, 2.45) is 0 Å². The van der Waals surface area contributed by atoms with E-state index in [9.17, 15) is 4.79 Å². The van der Waals surface area contributed by atoms with Crippen LogP contribution in [0.1, 0.15) is 10.4 Å². The van der Waals surface area contributed by atoms with E-state index in [0.717, 1.165) is 16.4 Å². The zero-order chi connectivity index (χ0) is 17.4. The van der Waals surface area contributed by atoms with Gasteiger partial charge in [-0.2, -0.15) is 0 Å². The summed E-state index contributed by atoms with van der Waals surface area (Å²) in [6.45, 7) is 0. The van der Waals surface area contributed by atoms with Gasteiger partial charge >= 0.3 is 0 Å². The van der Waals surface area contributed by atoms with E-state index in [-0.39, 0.29) is 5.91 Å². The Morgan fingerprint density at radius 1 is 1.00 bits per heavy atom. The summed E-state index contributed by atoms with van der Waals surface area (Å²) in [5.41, 5.74) is 2.54. The Balaban J connectivity index is 1.76. The summed E-state index contributed by atoms with van der Waals surface area (Å²) in [6.07, 6.45) is 0. The van der Waals surface area contributed by atoms with Crippen LogP contribution in [0.4, 0.5) is 5.69 Å². The lowest BCUT2D eigenvalue weighted by Gasteiger charge is -2.10. The lowest BCUT2D eigenvalue weighted by molar-refractivity contribution is 0.102. The van der Waals surface area contributed by atoms with Crippen molar-refractivity contribution >= 4 is 45.1 Å². The summed E-state index contributed by atoms with van der Waals surface area (Å²) in [4.78, 5) is 12.5. The number of fused-ring (bicyclic) bond motifs is 3. The number of benzene rings is 3. The van der Waals surface area contributed by atoms with E-state index in [0.29, 0.717) is 27.6 Å². The quantitative estimate of drug-likeness (QED) is 0.530. The molecule has 1 amide bonds. The van der Waals surface area contributed by atoms with Crippen molar-refractivity contribution in [3.8, 4) is 5.75 Å². The smallest absolute Gasteiger partial charge is 0.255 e. The van der Waals surface area contributed by atoms with Crippen molar-refractivity contribution in [2.45, 2.75) is 0 Å². The van der Waals surface area contributed by atoms with Gasteiger partial charge in [-0.1, -0.05) is 29.8 Å². The van der Waals surface area contributed by atoms with Crippen LogP contribution >= 0.6 is 11.6 Å². The molecule has 124 valence electrons. The number of carbonyl (C=O) groups is 1. The van der Waals surface area contributed by atoms with Crippen LogP contribution in [-0.4, -0.2) is 13.0 Å². The highest BCUT2D eigenvalue weighted by Crippen LogP contribution is 2.36. The Labute approximate surface area is 149 Å². The fourth-order valence-electron chi connectivity index (χ4n) is 2.81. The van der Waals surface area contributed by atoms with Crippen molar-refractivity contribution in [3.05, 3.63) is 71.2 Å². The molecule has 0 bridgehead atoms. The van der Waals surface area contributed by atoms with E-state index >= 15 is 0 Å². The second-order valence-electron chi connectivity index (χ2n) is 5.61. The standard InChI is InChI=1S/C20H14ClNO3/c1-24-19-10-15-14-4-2-3-5-17(14)25-18(15)11-16(19)22-20(23)12-6-8-13(21)9-7-12/h2-11H,1H3,(H,22,23). The summed E-state index contributed by atoms with van der Waals surface area (Å²) in [7, 11) is 1.57. The fraction of sp³-hybridized carbons (Fsp3) is 0.0500. The molecule has 0 aliphatic rings. The lowest BCUT2D eigenvalue weighted by Crippen LogP contribution is -2.12. The Morgan fingerprint density at radius 2 is 1.76 bits per heavy atom. The summed E-state index contributed by atoms with van der Waals surface area (Å²) in [5.74, 6) is 0.326. The second kappa shape index (κ2) is 6.15. The van der Waals surface area contributed by atoms with Gasteiger partial charge in [-0.15, -0.1) is 0 Å². The molecule has 4 nitrogen and oxygen atoms in total. The molecule has 1 N–H and O–H groups in total. The Bertz CT molecular complexity index is 1080. The van der Waals surface area contributed by atoms with Gasteiger partial charge in [0.1, 0.15) is 16.9 Å². The van der Waals surface area contributed by atoms with Gasteiger partial charge in [-0.3, -0.25) is 4.79 Å². The largest absolute Gasteiger partial charge is 0.495 e. The summed E-state index contributed by atoms with van der Waals surface area (Å²) < 4.78 is 11.3. The molecule has 0 spiro atoms. The van der Waals surface area contributed by atoms with Crippen molar-refractivity contribution in [1.82, 2.24) is 0 Å². The molecule has 0 saturated carbocycles. The minimum Gasteiger partial charge on any atom is -0.495 e. The van der Waals surface area contributed by atoms with Crippen LogP contribution in [0.5, 0.6) is 5.75 Å². The summed E-state index contributed by atoms with van der Waals surface area (Å²) in [5, 5.41) is 5.40. The van der Waals surface area contributed by atoms with E-state index in [1.54, 1.807) is 37.4 Å². The first-order valence-electron chi connectivity index (χ1n) is 7.72. The number of methoxy groups -OCH3 is 1. The highest BCUT2D eigenvalue weighted by atomic mass is 35.5. The topological polar surface area (TPSA) is 51.5 Å². The van der Waals surface area contributed by atoms with Gasteiger partial charge in [0, 0.05) is 27.4 Å². The summed E-state index contributed by atoms with van der Waals surface area (Å²) >= 11 is 5.86. The first-order valence-corrected chi connectivity index (χ1v) is 8.10. The van der Waals surface area contributed by atoms with E-state index in [2.05, 4.69) is 5.32 Å². The van der Waals surface area contributed by atoms with Gasteiger partial charge in [0.25, 0.3) is 5.91 Å². The molecule has 0 aliphatic heterocycles. The van der Waals surface area contributed by atoms with Crippen LogP contribution in [0.25, 0.3) is 21.9 Å². The number of nitrogens with one attached hydrogen (secondary N) is 1. The molecular formula is C20H14ClNO3. The van der Waals surface area contributed by atoms with Crippen LogP contribution < -0.4 is 10.1 Å². The van der Waals surface area contributed by atoms with E-state index in [4.69, 9.17) is 20.8 Å². The van der Waals surface area contributed by atoms with Crippen LogP contribution in [-0.2, 0) is 0 Å². The third kappa shape index (κ3) is 2.81. The van der Waals surface area contributed by atoms with Crippen LogP contribution in [0, 0.1) is 0 Å². The maximum atomic E-state index is 12.5. The van der Waals surface area contributed by atoms with E-state index < -0.39 is 0 Å². The predicted molar refractivity (Wildman–Crippen MR) is 99.7 cm³/mol. The first kappa shape index (κ1) is 15.5. The highest BCUT2D eigenvalue weighted by Gasteiger charge is 2.14. The Kier molecular flexibility index (Phi) is 3.82. The van der Waals surface area contributed by atoms with E-state index in [1.165, 1.54) is 0 Å². The maximum absolute atomic E-state index is 12.5. The Hall–Kier alpha value is -2.98. The molecule has 4 rings (SSSR count). The number of furan rings is 1. The minimum atomic E-state index is -0.245. The molecule has 4 aromatic rings. The minimum absolute atomic E-state index is 0.245. The SMILES string of the molecule is COc1cc2c(cc1NC(=O)c1ccc(Cl)cc1)oc1ccccc12. The molecule has 0 atom stereocenters. The van der Waals surface area contributed by atoms with Crippen molar-refractivity contribution in [2.75, 3.05) is 12.4 Å². The molecule has 0 unspecified atom stereocenters. The number of halogens is 1. The molecule has 0 aliphatic carbocycles. The number of amides is 1. The lowest BCUT2D eigenvalue weighted by atomic mass is 10.1. The summed E-state index contributed by atoms with van der Waals surface area (Å²) in [6, 6.07) is 18.1. The van der Waals surface area contributed by atoms with Gasteiger partial charge in [0.05, 0.1) is 12.8 Å². The number of hydrogen-bond acceptors (Lipinski definition) is 3. The molecule has 5 heteroatoms. The molecule has 1 aromatic heterocycles. The maximum Gasteiger partial charge on any atom is 0.255 e. The van der Waals surface area contributed by atoms with Crippen molar-refractivity contribution in [1.29, 1.82) is 0 Å². The highest BCUT2D eigenvalue weighted by molar-refractivity contribution is 6.30. The molecule has 0 fully saturated rings. The number of rotatable bonds is 3. The van der Waals surface area contributed by atoms with Gasteiger partial charge in [-0.05, 0) is 36.4 Å². The number of anilines is 1. The molecule has 3 aromatic carbocycles. The molecule has 25 heavy (non-hydrogen) atoms. The van der Waals surface area contributed by atoms with Crippen LogP contribution in [0.15, 0.2) is 65.1 Å². The molecule has 0 radical (unpaired) electrons. The van der Waals surface area contributed by atoms with Gasteiger partial charge < -0.3 is 14.5 Å². The van der Waals surface area contributed by atoms with Crippen LogP contribution in [0.2, 0.25) is 5.02 Å². The van der Waals surface area contributed by atoms with Gasteiger partial charge in [0.2, 0.25) is 0 Å². The van der Waals surface area contributed by atoms with Crippen molar-refractivity contribution in [3.63, 3.8) is 0 Å². The zero-order valence-electron chi connectivity index (χ0n) is 13.4. The van der Waals surface area contributed by atoms with E-state index in [1.807, 2.05) is 30.3 Å². The van der Waals surface area contributed by atoms with Gasteiger partial charge in [0.15, 0.2) is 0 Å². The average molecular weight is 352 g/mol. The fourth-order valence-corrected chi connectivity index (χ4v) is 2.94. The zero-order valence-corrected chi connectivity index (χ0v) is 14.1. The molecule has 1 heterocycles. The molecule has 0 saturated heterocycles. The number of ether oxygens (including phenoxy) is 1. The second-order valence-corrected chi connectivity index (χ2v) is 6.04. The number of carbonyl (C=O) groups excluding carboxylic acids is 1. The first-order chi connectivity index (χ1) is 12.2. The van der Waals surface area contributed by atoms with Gasteiger partial charge in [-0.25, -0.2) is 0 Å². The molecular weight excluding hydrogens is 338 g/mol. The third-order valence-electron chi connectivity index (χ3n) is 4.05. The predicted octanol–water partition coefficient (Wildman–Crippen LogP) is 5.50. The normalized spacial score (nSPS) is 11.0. The monoisotopic (exact) mass is 351 g/mol. The Morgan fingerprint density at radius 3 is 2.52 bits per heavy atom. The number of para-hydroxylation sites is 1. The third-order valence-corrected chi connectivity index (χ3v) is 4.31. The number of hydrogen-bond donors (Lipinski definition) is 1. The van der Waals surface area contributed by atoms with Crippen molar-refractivity contribution < 1.29 is 13.9 Å². The average Bonchev–Trinajstić information content (AvgIpc) is 2.99.